The molecule has 2 saturated carbocycles. The van der Waals surface area contributed by atoms with Gasteiger partial charge in [-0.3, -0.25) is 0 Å². The second-order valence-electron chi connectivity index (χ2n) is 5.84. The van der Waals surface area contributed by atoms with Crippen molar-refractivity contribution in [1.82, 2.24) is 0 Å². The van der Waals surface area contributed by atoms with Crippen LogP contribution in [-0.4, -0.2) is 6.61 Å². The fourth-order valence-corrected chi connectivity index (χ4v) is 4.31. The number of hydrogen-bond donors (Lipinski definition) is 1. The van der Waals surface area contributed by atoms with E-state index in [-0.39, 0.29) is 6.04 Å². The number of benzene rings is 1. The molecule has 0 amide bonds. The third kappa shape index (κ3) is 2.55. The van der Waals surface area contributed by atoms with Crippen molar-refractivity contribution in [1.29, 1.82) is 0 Å². The second kappa shape index (κ2) is 5.45. The number of ether oxygens (including phenoxy) is 1. The highest BCUT2D eigenvalue weighted by Crippen LogP contribution is 2.59. The largest absolute Gasteiger partial charge is 0.493 e. The highest BCUT2D eigenvalue weighted by atomic mass is 79.9. The molecule has 3 atom stereocenters. The molecule has 2 N–H and O–H groups in total. The van der Waals surface area contributed by atoms with Crippen LogP contribution in [0.4, 0.5) is 0 Å². The van der Waals surface area contributed by atoms with Crippen LogP contribution < -0.4 is 10.5 Å². The Morgan fingerprint density at radius 2 is 2.00 bits per heavy atom. The minimum atomic E-state index is 0.195. The zero-order valence-corrected chi connectivity index (χ0v) is 13.0. The fourth-order valence-electron chi connectivity index (χ4n) is 3.80. The van der Waals surface area contributed by atoms with Crippen molar-refractivity contribution in [2.75, 3.05) is 6.61 Å². The molecule has 0 aromatic heterocycles. The van der Waals surface area contributed by atoms with E-state index in [9.17, 15) is 0 Å². The summed E-state index contributed by atoms with van der Waals surface area (Å²) in [4.78, 5) is 0. The van der Waals surface area contributed by atoms with Crippen LogP contribution in [0.25, 0.3) is 0 Å². The number of nitrogens with two attached hydrogens (primary N) is 1. The first kappa shape index (κ1) is 13.4. The molecule has 2 aliphatic rings. The van der Waals surface area contributed by atoms with Crippen molar-refractivity contribution in [3.8, 4) is 5.75 Å². The van der Waals surface area contributed by atoms with E-state index in [1.165, 1.54) is 31.2 Å². The summed E-state index contributed by atoms with van der Waals surface area (Å²) in [5.41, 5.74) is 7.74. The minimum Gasteiger partial charge on any atom is -0.493 e. The van der Waals surface area contributed by atoms with Crippen molar-refractivity contribution < 1.29 is 4.74 Å². The Kier molecular flexibility index (Phi) is 3.86. The van der Waals surface area contributed by atoms with E-state index in [1.807, 2.05) is 13.0 Å². The van der Waals surface area contributed by atoms with Crippen LogP contribution >= 0.6 is 15.9 Å². The normalized spacial score (nSPS) is 30.6. The van der Waals surface area contributed by atoms with Crippen molar-refractivity contribution in [2.45, 2.75) is 38.6 Å². The number of fused-ring (bicyclic) bond motifs is 1. The molecule has 19 heavy (non-hydrogen) atoms. The van der Waals surface area contributed by atoms with Gasteiger partial charge in [-0.15, -0.1) is 0 Å². The van der Waals surface area contributed by atoms with Gasteiger partial charge in [-0.1, -0.05) is 18.9 Å². The molecule has 0 spiro atoms. The molecule has 0 radical (unpaired) electrons. The van der Waals surface area contributed by atoms with Crippen LogP contribution in [0.2, 0.25) is 0 Å². The lowest BCUT2D eigenvalue weighted by atomic mass is 10.0. The van der Waals surface area contributed by atoms with Crippen molar-refractivity contribution in [3.05, 3.63) is 28.2 Å². The zero-order chi connectivity index (χ0) is 13.4. The molecule has 3 heteroatoms. The molecule has 0 saturated heterocycles. The second-order valence-corrected chi connectivity index (χ2v) is 6.69. The van der Waals surface area contributed by atoms with Gasteiger partial charge in [-0.25, -0.2) is 0 Å². The monoisotopic (exact) mass is 323 g/mol. The Hall–Kier alpha value is -0.540. The van der Waals surface area contributed by atoms with Crippen LogP contribution in [0, 0.1) is 17.8 Å². The van der Waals surface area contributed by atoms with E-state index in [0.29, 0.717) is 12.5 Å². The third-order valence-corrected chi connectivity index (χ3v) is 5.40. The molecule has 104 valence electrons. The van der Waals surface area contributed by atoms with Gasteiger partial charge in [0.05, 0.1) is 11.1 Å². The lowest BCUT2D eigenvalue weighted by Gasteiger charge is -2.14. The van der Waals surface area contributed by atoms with Gasteiger partial charge in [0.2, 0.25) is 0 Å². The molecule has 3 rings (SSSR count). The lowest BCUT2D eigenvalue weighted by molar-refractivity contribution is 0.338. The summed E-state index contributed by atoms with van der Waals surface area (Å²) < 4.78 is 6.57. The van der Waals surface area contributed by atoms with Crippen LogP contribution in [0.1, 0.15) is 44.2 Å². The number of halogens is 1. The molecule has 2 aliphatic carbocycles. The van der Waals surface area contributed by atoms with Gasteiger partial charge in [0.15, 0.2) is 0 Å². The molecule has 1 aromatic carbocycles. The molecule has 0 heterocycles. The smallest absolute Gasteiger partial charge is 0.133 e. The predicted octanol–water partition coefficient (Wildman–Crippen LogP) is 4.28. The average Bonchev–Trinajstić information content (AvgIpc) is 3.15. The molecule has 2 fully saturated rings. The SMILES string of the molecule is CCOc1ccc(C(N)C2C3CCCCC32)cc1Br. The first-order valence-corrected chi connectivity index (χ1v) is 8.19. The van der Waals surface area contributed by atoms with Gasteiger partial charge in [-0.05, 0) is 71.1 Å². The molecular formula is C16H22BrNO. The predicted molar refractivity (Wildman–Crippen MR) is 81.2 cm³/mol. The van der Waals surface area contributed by atoms with E-state index in [1.54, 1.807) is 0 Å². The van der Waals surface area contributed by atoms with E-state index >= 15 is 0 Å². The first-order chi connectivity index (χ1) is 9.22. The zero-order valence-electron chi connectivity index (χ0n) is 11.4. The Labute approximate surface area is 123 Å². The summed E-state index contributed by atoms with van der Waals surface area (Å²) in [7, 11) is 0. The summed E-state index contributed by atoms with van der Waals surface area (Å²) in [5.74, 6) is 3.42. The van der Waals surface area contributed by atoms with E-state index in [4.69, 9.17) is 10.5 Å². The summed E-state index contributed by atoms with van der Waals surface area (Å²) in [6.45, 7) is 2.69. The first-order valence-electron chi connectivity index (χ1n) is 7.40. The molecule has 0 bridgehead atoms. The van der Waals surface area contributed by atoms with Gasteiger partial charge in [0.1, 0.15) is 5.75 Å². The maximum Gasteiger partial charge on any atom is 0.133 e. The van der Waals surface area contributed by atoms with Crippen LogP contribution in [0.5, 0.6) is 5.75 Å². The van der Waals surface area contributed by atoms with Gasteiger partial charge in [0.25, 0.3) is 0 Å². The third-order valence-electron chi connectivity index (χ3n) is 4.78. The van der Waals surface area contributed by atoms with Gasteiger partial charge >= 0.3 is 0 Å². The highest BCUT2D eigenvalue weighted by Gasteiger charge is 2.53. The quantitative estimate of drug-likeness (QED) is 0.897. The average molecular weight is 324 g/mol. The molecule has 1 aromatic rings. The van der Waals surface area contributed by atoms with Gasteiger partial charge in [-0.2, -0.15) is 0 Å². The molecular weight excluding hydrogens is 302 g/mol. The van der Waals surface area contributed by atoms with Crippen molar-refractivity contribution in [3.63, 3.8) is 0 Å². The van der Waals surface area contributed by atoms with E-state index < -0.39 is 0 Å². The van der Waals surface area contributed by atoms with Gasteiger partial charge in [0, 0.05) is 6.04 Å². The summed E-state index contributed by atoms with van der Waals surface area (Å²) >= 11 is 3.58. The van der Waals surface area contributed by atoms with Crippen LogP contribution in [-0.2, 0) is 0 Å². The minimum absolute atomic E-state index is 0.195. The Bertz CT molecular complexity index is 450. The summed E-state index contributed by atoms with van der Waals surface area (Å²) in [6.07, 6.45) is 5.58. The standard InChI is InChI=1S/C16H22BrNO/c1-2-19-14-8-7-10(9-13(14)17)16(18)15-11-5-3-4-6-12(11)15/h7-9,11-12,15-16H,2-6,18H2,1H3. The molecule has 3 unspecified atom stereocenters. The van der Waals surface area contributed by atoms with E-state index in [0.717, 1.165) is 22.1 Å². The number of rotatable bonds is 4. The van der Waals surface area contributed by atoms with Crippen LogP contribution in [0.3, 0.4) is 0 Å². The summed E-state index contributed by atoms with van der Waals surface area (Å²) in [5, 5.41) is 0. The number of hydrogen-bond acceptors (Lipinski definition) is 2. The maximum atomic E-state index is 6.49. The van der Waals surface area contributed by atoms with Crippen molar-refractivity contribution >= 4 is 15.9 Å². The maximum absolute atomic E-state index is 6.49. The Morgan fingerprint density at radius 3 is 2.58 bits per heavy atom. The van der Waals surface area contributed by atoms with Gasteiger partial charge < -0.3 is 10.5 Å². The molecule has 2 nitrogen and oxygen atoms in total. The Balaban J connectivity index is 1.73. The fraction of sp³-hybridized carbons (Fsp3) is 0.625. The van der Waals surface area contributed by atoms with Crippen molar-refractivity contribution in [2.24, 2.45) is 23.5 Å². The van der Waals surface area contributed by atoms with Crippen LogP contribution in [0.15, 0.2) is 22.7 Å². The highest BCUT2D eigenvalue weighted by molar-refractivity contribution is 9.10. The molecule has 0 aliphatic heterocycles. The topological polar surface area (TPSA) is 35.2 Å². The summed E-state index contributed by atoms with van der Waals surface area (Å²) in [6, 6.07) is 6.50. The van der Waals surface area contributed by atoms with E-state index in [2.05, 4.69) is 28.1 Å². The Morgan fingerprint density at radius 1 is 1.32 bits per heavy atom. The lowest BCUT2D eigenvalue weighted by Crippen LogP contribution is -2.14.